The number of para-hydroxylation sites is 2. The van der Waals surface area contributed by atoms with Crippen LogP contribution in [-0.2, 0) is 22.5 Å². The molecule has 210 valence electrons. The number of fused-ring (bicyclic) bond motifs is 1. The summed E-state index contributed by atoms with van der Waals surface area (Å²) in [4.78, 5) is 28.7. The van der Waals surface area contributed by atoms with E-state index in [1.807, 2.05) is 49.5 Å². The zero-order valence-electron chi connectivity index (χ0n) is 23.9. The number of nitrogens with zero attached hydrogens (tertiary/aromatic N) is 4. The second kappa shape index (κ2) is 15.0. The van der Waals surface area contributed by atoms with Crippen LogP contribution in [0.2, 0.25) is 0 Å². The van der Waals surface area contributed by atoms with Gasteiger partial charge in [-0.1, -0.05) is 49.6 Å². The van der Waals surface area contributed by atoms with Gasteiger partial charge in [-0.2, -0.15) is 0 Å². The lowest BCUT2D eigenvalue weighted by Gasteiger charge is -2.19. The molecular formula is C33H40N4O3. The number of benzene rings is 2. The summed E-state index contributed by atoms with van der Waals surface area (Å²) in [7, 11) is 3.75. The van der Waals surface area contributed by atoms with E-state index < -0.39 is 0 Å². The molecule has 4 aromatic rings. The second-order valence-corrected chi connectivity index (χ2v) is 10.1. The average Bonchev–Trinajstić information content (AvgIpc) is 2.98. The SMILES string of the molecule is CCOC(=O)CC(CCCCCCc1cccc(N(C)Cc2ccc(OC)cc2)n1)c1cnc2ccccc2n1. The molecule has 4 rings (SSSR count). The van der Waals surface area contributed by atoms with E-state index in [2.05, 4.69) is 47.3 Å². The number of rotatable bonds is 15. The summed E-state index contributed by atoms with van der Waals surface area (Å²) in [5.41, 5.74) is 4.92. The number of hydrogen-bond donors (Lipinski definition) is 0. The molecular weight excluding hydrogens is 500 g/mol. The molecule has 40 heavy (non-hydrogen) atoms. The van der Waals surface area contributed by atoms with Crippen LogP contribution in [0.1, 0.15) is 68.3 Å². The Labute approximate surface area is 237 Å². The molecule has 7 heteroatoms. The summed E-state index contributed by atoms with van der Waals surface area (Å²) in [5, 5.41) is 0. The summed E-state index contributed by atoms with van der Waals surface area (Å²) in [6, 6.07) is 22.2. The van der Waals surface area contributed by atoms with Gasteiger partial charge in [0.2, 0.25) is 0 Å². The van der Waals surface area contributed by atoms with Crippen LogP contribution in [0, 0.1) is 0 Å². The Bertz CT molecular complexity index is 1360. The molecule has 0 aliphatic carbocycles. The molecule has 0 saturated carbocycles. The third-order valence-electron chi connectivity index (χ3n) is 7.10. The van der Waals surface area contributed by atoms with Crippen molar-refractivity contribution in [3.63, 3.8) is 0 Å². The molecule has 7 nitrogen and oxygen atoms in total. The Balaban J connectivity index is 1.25. The molecule has 1 unspecified atom stereocenters. The molecule has 0 saturated heterocycles. The first-order chi connectivity index (χ1) is 19.6. The van der Waals surface area contributed by atoms with Gasteiger partial charge in [-0.25, -0.2) is 9.97 Å². The first kappa shape index (κ1) is 29.0. The van der Waals surface area contributed by atoms with Gasteiger partial charge in [-0.3, -0.25) is 9.78 Å². The average molecular weight is 541 g/mol. The van der Waals surface area contributed by atoms with Gasteiger partial charge < -0.3 is 14.4 Å². The van der Waals surface area contributed by atoms with Crippen LogP contribution in [0.4, 0.5) is 5.82 Å². The van der Waals surface area contributed by atoms with Crippen molar-refractivity contribution in [2.24, 2.45) is 0 Å². The second-order valence-electron chi connectivity index (χ2n) is 10.1. The van der Waals surface area contributed by atoms with E-state index in [0.717, 1.165) is 79.1 Å². The number of hydrogen-bond acceptors (Lipinski definition) is 7. The maximum Gasteiger partial charge on any atom is 0.306 e. The normalized spacial score (nSPS) is 11.8. The van der Waals surface area contributed by atoms with Crippen molar-refractivity contribution < 1.29 is 14.3 Å². The van der Waals surface area contributed by atoms with Crippen molar-refractivity contribution in [2.45, 2.75) is 64.3 Å². The molecule has 2 aromatic heterocycles. The highest BCUT2D eigenvalue weighted by Gasteiger charge is 2.19. The number of esters is 1. The molecule has 0 bridgehead atoms. The van der Waals surface area contributed by atoms with E-state index in [9.17, 15) is 4.79 Å². The minimum absolute atomic E-state index is 0.00995. The van der Waals surface area contributed by atoms with Crippen LogP contribution in [0.3, 0.4) is 0 Å². The van der Waals surface area contributed by atoms with Crippen LogP contribution in [0.15, 0.2) is 72.9 Å². The van der Waals surface area contributed by atoms with Gasteiger partial charge in [0.1, 0.15) is 11.6 Å². The van der Waals surface area contributed by atoms with Crippen LogP contribution in [-0.4, -0.2) is 41.7 Å². The fourth-order valence-corrected chi connectivity index (χ4v) is 4.90. The fourth-order valence-electron chi connectivity index (χ4n) is 4.90. The Morgan fingerprint density at radius 3 is 2.45 bits per heavy atom. The van der Waals surface area contributed by atoms with E-state index in [1.165, 1.54) is 5.56 Å². The van der Waals surface area contributed by atoms with Gasteiger partial charge in [0.25, 0.3) is 0 Å². The number of anilines is 1. The zero-order valence-corrected chi connectivity index (χ0v) is 23.9. The molecule has 2 heterocycles. The Morgan fingerprint density at radius 1 is 0.900 bits per heavy atom. The monoisotopic (exact) mass is 540 g/mol. The van der Waals surface area contributed by atoms with Crippen LogP contribution in [0.25, 0.3) is 11.0 Å². The fraction of sp³-hybridized carbons (Fsp3) is 0.394. The Hall–Kier alpha value is -4.00. The lowest BCUT2D eigenvalue weighted by Crippen LogP contribution is -2.18. The minimum atomic E-state index is -0.176. The highest BCUT2D eigenvalue weighted by Crippen LogP contribution is 2.26. The molecule has 0 spiro atoms. The standard InChI is InChI=1S/C33H40N4O3/c1-4-40-33(38)22-26(31-23-34-29-15-9-10-16-30(29)36-31)12-7-5-6-8-13-27-14-11-17-32(35-27)37(2)24-25-18-20-28(39-3)21-19-25/h9-11,14-21,23,26H,4-8,12-13,22,24H2,1-3H3. The van der Waals surface area contributed by atoms with E-state index in [-0.39, 0.29) is 11.9 Å². The number of carbonyl (C=O) groups excluding carboxylic acids is 1. The molecule has 2 aromatic carbocycles. The maximum atomic E-state index is 12.3. The summed E-state index contributed by atoms with van der Waals surface area (Å²) in [6.45, 7) is 3.02. The number of aryl methyl sites for hydroxylation is 1. The van der Waals surface area contributed by atoms with Gasteiger partial charge in [0.05, 0.1) is 36.9 Å². The predicted molar refractivity (Wildman–Crippen MR) is 160 cm³/mol. The van der Waals surface area contributed by atoms with E-state index in [1.54, 1.807) is 7.11 Å². The molecule has 0 N–H and O–H groups in total. The van der Waals surface area contributed by atoms with Gasteiger partial charge >= 0.3 is 5.97 Å². The van der Waals surface area contributed by atoms with Crippen molar-refractivity contribution in [1.82, 2.24) is 15.0 Å². The summed E-state index contributed by atoms with van der Waals surface area (Å²) in [5.74, 6) is 1.68. The van der Waals surface area contributed by atoms with Crippen molar-refractivity contribution in [3.05, 3.63) is 89.9 Å². The summed E-state index contributed by atoms with van der Waals surface area (Å²) >= 11 is 0. The molecule has 1 atom stereocenters. The van der Waals surface area contributed by atoms with Crippen molar-refractivity contribution in [1.29, 1.82) is 0 Å². The first-order valence-corrected chi connectivity index (χ1v) is 14.2. The van der Waals surface area contributed by atoms with Crippen LogP contribution in [0.5, 0.6) is 5.75 Å². The highest BCUT2D eigenvalue weighted by molar-refractivity contribution is 5.74. The van der Waals surface area contributed by atoms with Gasteiger partial charge in [0.15, 0.2) is 0 Å². The van der Waals surface area contributed by atoms with Gasteiger partial charge in [0, 0.05) is 31.4 Å². The number of aromatic nitrogens is 3. The third kappa shape index (κ3) is 8.50. The molecule has 0 aliphatic heterocycles. The van der Waals surface area contributed by atoms with Gasteiger partial charge in [-0.15, -0.1) is 0 Å². The zero-order chi connectivity index (χ0) is 28.2. The van der Waals surface area contributed by atoms with E-state index in [0.29, 0.717) is 13.0 Å². The number of methoxy groups -OCH3 is 1. The van der Waals surface area contributed by atoms with Gasteiger partial charge in [-0.05, 0) is 68.1 Å². The Morgan fingerprint density at radius 2 is 1.68 bits per heavy atom. The smallest absolute Gasteiger partial charge is 0.306 e. The van der Waals surface area contributed by atoms with E-state index >= 15 is 0 Å². The minimum Gasteiger partial charge on any atom is -0.497 e. The highest BCUT2D eigenvalue weighted by atomic mass is 16.5. The topological polar surface area (TPSA) is 77.4 Å². The molecule has 0 radical (unpaired) electrons. The number of pyridine rings is 1. The van der Waals surface area contributed by atoms with Crippen LogP contribution < -0.4 is 9.64 Å². The van der Waals surface area contributed by atoms with Crippen LogP contribution >= 0.6 is 0 Å². The largest absolute Gasteiger partial charge is 0.497 e. The number of carbonyl (C=O) groups is 1. The quantitative estimate of drug-likeness (QED) is 0.120. The van der Waals surface area contributed by atoms with Crippen molar-refractivity contribution in [2.75, 3.05) is 25.7 Å². The van der Waals surface area contributed by atoms with E-state index in [4.69, 9.17) is 19.4 Å². The van der Waals surface area contributed by atoms with Crippen molar-refractivity contribution in [3.8, 4) is 5.75 Å². The molecule has 0 fully saturated rings. The lowest BCUT2D eigenvalue weighted by molar-refractivity contribution is -0.143. The maximum absolute atomic E-state index is 12.3. The summed E-state index contributed by atoms with van der Waals surface area (Å²) < 4.78 is 10.5. The molecule has 0 amide bonds. The Kier molecular flexibility index (Phi) is 10.8. The molecule has 0 aliphatic rings. The third-order valence-corrected chi connectivity index (χ3v) is 7.10. The number of ether oxygens (including phenoxy) is 2. The number of unbranched alkanes of at least 4 members (excludes halogenated alkanes) is 3. The lowest BCUT2D eigenvalue weighted by atomic mass is 9.94. The van der Waals surface area contributed by atoms with Crippen molar-refractivity contribution >= 4 is 22.8 Å². The first-order valence-electron chi connectivity index (χ1n) is 14.2. The predicted octanol–water partition coefficient (Wildman–Crippen LogP) is 6.90. The summed E-state index contributed by atoms with van der Waals surface area (Å²) in [6.07, 6.45) is 8.30.